The van der Waals surface area contributed by atoms with Crippen molar-refractivity contribution in [1.29, 1.82) is 0 Å². The molecule has 5 nitrogen and oxygen atoms in total. The molecule has 0 atom stereocenters. The van der Waals surface area contributed by atoms with Gasteiger partial charge in [0.25, 0.3) is 5.91 Å². The van der Waals surface area contributed by atoms with E-state index in [1.54, 1.807) is 28.8 Å². The molecule has 0 aliphatic rings. The Morgan fingerprint density at radius 2 is 1.45 bits per heavy atom. The van der Waals surface area contributed by atoms with Crippen LogP contribution in [0.1, 0.15) is 21.5 Å². The summed E-state index contributed by atoms with van der Waals surface area (Å²) in [6.07, 6.45) is 1.94. The summed E-state index contributed by atoms with van der Waals surface area (Å²) in [6, 6.07) is 24.7. The molecule has 0 bridgehead atoms. The smallest absolute Gasteiger partial charge is 0.342 e. The summed E-state index contributed by atoms with van der Waals surface area (Å²) < 4.78 is 10.7. The number of thioether (sulfide) groups is 1. The van der Waals surface area contributed by atoms with Gasteiger partial charge in [0.2, 0.25) is 0 Å². The largest absolute Gasteiger partial charge is 0.496 e. The summed E-state index contributed by atoms with van der Waals surface area (Å²) >= 11 is 1.55. The number of hydrogen-bond acceptors (Lipinski definition) is 5. The van der Waals surface area contributed by atoms with Crippen LogP contribution in [0.5, 0.6) is 5.75 Å². The Morgan fingerprint density at radius 3 is 1.97 bits per heavy atom. The zero-order chi connectivity index (χ0) is 22.1. The monoisotopic (exact) mass is 435 g/mol. The molecule has 3 aromatic carbocycles. The molecule has 3 aromatic rings. The van der Waals surface area contributed by atoms with E-state index in [2.05, 4.69) is 0 Å². The summed E-state index contributed by atoms with van der Waals surface area (Å²) in [6.45, 7) is 0.516. The minimum atomic E-state index is -0.586. The van der Waals surface area contributed by atoms with Crippen LogP contribution in [0.25, 0.3) is 0 Å². The Kier molecular flexibility index (Phi) is 8.12. The SMILES string of the molecule is COc1cc(SC)ccc1C(=O)OCC(=O)N(Cc1ccccc1)Cc1ccccc1. The van der Waals surface area contributed by atoms with Crippen molar-refractivity contribution in [2.75, 3.05) is 20.0 Å². The number of carbonyl (C=O) groups excluding carboxylic acids is 2. The average Bonchev–Trinajstić information content (AvgIpc) is 2.82. The van der Waals surface area contributed by atoms with Gasteiger partial charge in [0.15, 0.2) is 6.61 Å². The number of benzene rings is 3. The van der Waals surface area contributed by atoms with Crippen LogP contribution in [0.4, 0.5) is 0 Å². The van der Waals surface area contributed by atoms with Crippen LogP contribution in [-0.2, 0) is 22.6 Å². The second kappa shape index (κ2) is 11.2. The summed E-state index contributed by atoms with van der Waals surface area (Å²) in [4.78, 5) is 28.2. The molecular formula is C25H25NO4S. The first-order chi connectivity index (χ1) is 15.1. The lowest BCUT2D eigenvalue weighted by Crippen LogP contribution is -2.34. The highest BCUT2D eigenvalue weighted by Gasteiger charge is 2.19. The third-order valence-electron chi connectivity index (χ3n) is 4.74. The van der Waals surface area contributed by atoms with E-state index < -0.39 is 5.97 Å². The van der Waals surface area contributed by atoms with E-state index in [1.807, 2.05) is 73.0 Å². The Labute approximate surface area is 187 Å². The van der Waals surface area contributed by atoms with Crippen molar-refractivity contribution in [3.63, 3.8) is 0 Å². The number of nitrogens with zero attached hydrogens (tertiary/aromatic N) is 1. The van der Waals surface area contributed by atoms with Gasteiger partial charge in [0, 0.05) is 18.0 Å². The summed E-state index contributed by atoms with van der Waals surface area (Å²) in [5.74, 6) is -0.423. The maximum Gasteiger partial charge on any atom is 0.342 e. The van der Waals surface area contributed by atoms with Gasteiger partial charge in [0.1, 0.15) is 11.3 Å². The molecule has 6 heteroatoms. The van der Waals surface area contributed by atoms with E-state index in [1.165, 1.54) is 7.11 Å². The lowest BCUT2D eigenvalue weighted by molar-refractivity contribution is -0.135. The van der Waals surface area contributed by atoms with Crippen LogP contribution in [-0.4, -0.2) is 36.7 Å². The molecule has 160 valence electrons. The van der Waals surface area contributed by atoms with Crippen molar-refractivity contribution in [1.82, 2.24) is 4.90 Å². The van der Waals surface area contributed by atoms with E-state index in [0.717, 1.165) is 16.0 Å². The summed E-state index contributed by atoms with van der Waals surface area (Å²) in [5, 5.41) is 0. The predicted octanol–water partition coefficient (Wildman–Crippen LogP) is 4.80. The second-order valence-electron chi connectivity index (χ2n) is 6.86. The van der Waals surface area contributed by atoms with E-state index in [4.69, 9.17) is 9.47 Å². The van der Waals surface area contributed by atoms with Crippen LogP contribution < -0.4 is 4.74 Å². The van der Waals surface area contributed by atoms with Gasteiger partial charge < -0.3 is 14.4 Å². The normalized spacial score (nSPS) is 10.4. The Bertz CT molecular complexity index is 967. The minimum absolute atomic E-state index is 0.263. The number of hydrogen-bond donors (Lipinski definition) is 0. The van der Waals surface area contributed by atoms with Gasteiger partial charge in [-0.25, -0.2) is 4.79 Å². The van der Waals surface area contributed by atoms with Crippen LogP contribution in [0.15, 0.2) is 83.8 Å². The molecule has 0 fully saturated rings. The van der Waals surface area contributed by atoms with Crippen LogP contribution in [0, 0.1) is 0 Å². The molecule has 1 amide bonds. The topological polar surface area (TPSA) is 55.8 Å². The molecule has 0 aliphatic carbocycles. The zero-order valence-electron chi connectivity index (χ0n) is 17.6. The van der Waals surface area contributed by atoms with E-state index >= 15 is 0 Å². The van der Waals surface area contributed by atoms with Crippen molar-refractivity contribution in [3.05, 3.63) is 95.6 Å². The van der Waals surface area contributed by atoms with Crippen LogP contribution in [0.2, 0.25) is 0 Å². The Hall–Kier alpha value is -3.25. The minimum Gasteiger partial charge on any atom is -0.496 e. The maximum absolute atomic E-state index is 13.0. The maximum atomic E-state index is 13.0. The fourth-order valence-electron chi connectivity index (χ4n) is 3.10. The number of carbonyl (C=O) groups is 2. The highest BCUT2D eigenvalue weighted by Crippen LogP contribution is 2.26. The molecule has 0 unspecified atom stereocenters. The van der Waals surface area contributed by atoms with Gasteiger partial charge in [-0.3, -0.25) is 4.79 Å². The summed E-state index contributed by atoms with van der Waals surface area (Å²) in [5.41, 5.74) is 2.31. The average molecular weight is 436 g/mol. The van der Waals surface area contributed by atoms with Crippen molar-refractivity contribution in [2.45, 2.75) is 18.0 Å². The van der Waals surface area contributed by atoms with Crippen molar-refractivity contribution >= 4 is 23.6 Å². The first-order valence-electron chi connectivity index (χ1n) is 9.85. The highest BCUT2D eigenvalue weighted by atomic mass is 32.2. The molecular weight excluding hydrogens is 410 g/mol. The zero-order valence-corrected chi connectivity index (χ0v) is 18.4. The molecule has 0 aromatic heterocycles. The van der Waals surface area contributed by atoms with Crippen molar-refractivity contribution in [2.24, 2.45) is 0 Å². The van der Waals surface area contributed by atoms with Crippen LogP contribution >= 0.6 is 11.8 Å². The molecule has 0 radical (unpaired) electrons. The van der Waals surface area contributed by atoms with Gasteiger partial charge in [-0.1, -0.05) is 60.7 Å². The standard InChI is InChI=1S/C25H25NO4S/c1-29-23-15-21(31-2)13-14-22(23)25(28)30-18-24(27)26(16-19-9-5-3-6-10-19)17-20-11-7-4-8-12-20/h3-15H,16-18H2,1-2H3. The van der Waals surface area contributed by atoms with Crippen molar-refractivity contribution < 1.29 is 19.1 Å². The fourth-order valence-corrected chi connectivity index (χ4v) is 3.53. The number of amides is 1. The van der Waals surface area contributed by atoms with Gasteiger partial charge in [0.05, 0.1) is 7.11 Å². The van der Waals surface area contributed by atoms with E-state index in [-0.39, 0.29) is 12.5 Å². The first-order valence-corrected chi connectivity index (χ1v) is 11.1. The van der Waals surface area contributed by atoms with E-state index in [9.17, 15) is 9.59 Å². The molecule has 0 spiro atoms. The third-order valence-corrected chi connectivity index (χ3v) is 5.47. The molecule has 0 saturated carbocycles. The number of rotatable bonds is 9. The quantitative estimate of drug-likeness (QED) is 0.357. The Morgan fingerprint density at radius 1 is 0.871 bits per heavy atom. The molecule has 0 aliphatic heterocycles. The molecule has 0 N–H and O–H groups in total. The number of methoxy groups -OCH3 is 1. The molecule has 0 saturated heterocycles. The second-order valence-corrected chi connectivity index (χ2v) is 7.74. The van der Waals surface area contributed by atoms with Gasteiger partial charge >= 0.3 is 5.97 Å². The van der Waals surface area contributed by atoms with Gasteiger partial charge in [-0.05, 0) is 35.6 Å². The Balaban J connectivity index is 1.70. The number of esters is 1. The lowest BCUT2D eigenvalue weighted by Gasteiger charge is -2.23. The lowest BCUT2D eigenvalue weighted by atomic mass is 10.1. The van der Waals surface area contributed by atoms with E-state index in [0.29, 0.717) is 24.4 Å². The summed E-state index contributed by atoms with van der Waals surface area (Å²) in [7, 11) is 1.50. The van der Waals surface area contributed by atoms with Gasteiger partial charge in [-0.15, -0.1) is 11.8 Å². The van der Waals surface area contributed by atoms with Gasteiger partial charge in [-0.2, -0.15) is 0 Å². The molecule has 31 heavy (non-hydrogen) atoms. The first kappa shape index (κ1) is 22.4. The van der Waals surface area contributed by atoms with Crippen molar-refractivity contribution in [3.8, 4) is 5.75 Å². The number of ether oxygens (including phenoxy) is 2. The van der Waals surface area contributed by atoms with Crippen LogP contribution in [0.3, 0.4) is 0 Å². The molecule has 3 rings (SSSR count). The predicted molar refractivity (Wildman–Crippen MR) is 122 cm³/mol. The molecule has 0 heterocycles. The highest BCUT2D eigenvalue weighted by molar-refractivity contribution is 7.98. The fraction of sp³-hybridized carbons (Fsp3) is 0.200. The third kappa shape index (κ3) is 6.36.